The number of nitrogens with one attached hydrogen (secondary N) is 3. The van der Waals surface area contributed by atoms with Crippen LogP contribution in [0.1, 0.15) is 54.2 Å². The second-order valence-corrected chi connectivity index (χ2v) is 10.9. The van der Waals surface area contributed by atoms with Gasteiger partial charge < -0.3 is 25.0 Å². The maximum Gasteiger partial charge on any atom is 0.428 e. The molecule has 0 fully saturated rings. The molecule has 0 atom stereocenters. The van der Waals surface area contributed by atoms with Gasteiger partial charge in [0.15, 0.2) is 0 Å². The molecule has 0 unspecified atom stereocenters. The Hall–Kier alpha value is -5.19. The van der Waals surface area contributed by atoms with Gasteiger partial charge in [-0.2, -0.15) is 5.10 Å². The zero-order chi connectivity index (χ0) is 30.8. The standard InChI is InChI=1S/C32H35N5O6/c1-32(2,3)43-29(39)15-16-37-20-25-17-26(13-14-27(25)33-19-28(37)38)35-30(40)24-11-9-22(10-12-24)18-34-36-31(41)42-21-23-7-5-4-6-8-23/h4-14,17-18,33H,15-16,19-21H2,1-3H3,(H,35,40)(H,36,41). The number of hydrogen-bond acceptors (Lipinski definition) is 8. The molecule has 0 spiro atoms. The number of anilines is 2. The van der Waals surface area contributed by atoms with E-state index in [0.29, 0.717) is 16.8 Å². The largest absolute Gasteiger partial charge is 0.460 e. The Morgan fingerprint density at radius 1 is 1.02 bits per heavy atom. The minimum atomic E-state index is -0.678. The predicted molar refractivity (Wildman–Crippen MR) is 163 cm³/mol. The molecule has 0 aliphatic carbocycles. The van der Waals surface area contributed by atoms with Crippen LogP contribution < -0.4 is 16.1 Å². The maximum absolute atomic E-state index is 12.9. The van der Waals surface area contributed by atoms with Crippen LogP contribution >= 0.6 is 0 Å². The molecule has 11 heteroatoms. The van der Waals surface area contributed by atoms with Crippen LogP contribution in [-0.2, 0) is 32.2 Å². The normalized spacial score (nSPS) is 13.0. The summed E-state index contributed by atoms with van der Waals surface area (Å²) in [7, 11) is 0. The molecule has 1 aliphatic rings. The number of carbonyl (C=O) groups is 4. The molecular formula is C32H35N5O6. The van der Waals surface area contributed by atoms with Crippen molar-refractivity contribution in [1.29, 1.82) is 0 Å². The third-order valence-electron chi connectivity index (χ3n) is 6.27. The van der Waals surface area contributed by atoms with E-state index in [-0.39, 0.29) is 50.4 Å². The van der Waals surface area contributed by atoms with E-state index < -0.39 is 11.7 Å². The minimum Gasteiger partial charge on any atom is -0.460 e. The lowest BCUT2D eigenvalue weighted by Gasteiger charge is -2.23. The molecule has 11 nitrogen and oxygen atoms in total. The number of fused-ring (bicyclic) bond motifs is 1. The molecule has 0 radical (unpaired) electrons. The second-order valence-electron chi connectivity index (χ2n) is 10.9. The summed E-state index contributed by atoms with van der Waals surface area (Å²) < 4.78 is 10.5. The Labute approximate surface area is 250 Å². The van der Waals surface area contributed by atoms with E-state index in [9.17, 15) is 19.2 Å². The lowest BCUT2D eigenvalue weighted by molar-refractivity contribution is -0.155. The summed E-state index contributed by atoms with van der Waals surface area (Å²) in [5.41, 5.74) is 5.84. The Morgan fingerprint density at radius 2 is 1.77 bits per heavy atom. The fourth-order valence-electron chi connectivity index (χ4n) is 4.21. The molecular weight excluding hydrogens is 550 g/mol. The Bertz CT molecular complexity index is 1480. The van der Waals surface area contributed by atoms with Crippen LogP contribution in [0.4, 0.5) is 16.2 Å². The van der Waals surface area contributed by atoms with Crippen LogP contribution in [0.5, 0.6) is 0 Å². The van der Waals surface area contributed by atoms with Crippen molar-refractivity contribution in [3.05, 3.63) is 95.1 Å². The third kappa shape index (κ3) is 9.70. The first-order valence-corrected chi connectivity index (χ1v) is 13.8. The summed E-state index contributed by atoms with van der Waals surface area (Å²) in [5.74, 6) is -0.813. The molecule has 3 N–H and O–H groups in total. The van der Waals surface area contributed by atoms with E-state index >= 15 is 0 Å². The van der Waals surface area contributed by atoms with Crippen LogP contribution in [0.15, 0.2) is 77.9 Å². The van der Waals surface area contributed by atoms with Gasteiger partial charge >= 0.3 is 12.1 Å². The second kappa shape index (κ2) is 14.1. The smallest absolute Gasteiger partial charge is 0.428 e. The number of amides is 3. The number of hydrogen-bond donors (Lipinski definition) is 3. The van der Waals surface area contributed by atoms with Crippen molar-refractivity contribution >= 4 is 41.5 Å². The van der Waals surface area contributed by atoms with E-state index in [1.165, 1.54) is 6.21 Å². The first-order chi connectivity index (χ1) is 20.6. The SMILES string of the molecule is CC(C)(C)OC(=O)CCN1Cc2cc(NC(=O)c3ccc(C=NNC(=O)OCc4ccccc4)cc3)ccc2NCC1=O. The van der Waals surface area contributed by atoms with Gasteiger partial charge in [-0.1, -0.05) is 42.5 Å². The lowest BCUT2D eigenvalue weighted by Crippen LogP contribution is -2.35. The lowest BCUT2D eigenvalue weighted by atomic mass is 10.1. The van der Waals surface area contributed by atoms with Crippen LogP contribution in [-0.4, -0.2) is 53.7 Å². The number of esters is 1. The topological polar surface area (TPSA) is 138 Å². The fraction of sp³-hybridized carbons (Fsp3) is 0.281. The molecule has 0 saturated carbocycles. The number of rotatable bonds is 9. The predicted octanol–water partition coefficient (Wildman–Crippen LogP) is 4.69. The van der Waals surface area contributed by atoms with E-state index in [2.05, 4.69) is 21.2 Å². The summed E-state index contributed by atoms with van der Waals surface area (Å²) in [4.78, 5) is 51.2. The van der Waals surface area contributed by atoms with Crippen LogP contribution in [0.3, 0.4) is 0 Å². The number of carbonyl (C=O) groups excluding carboxylic acids is 4. The van der Waals surface area contributed by atoms with Gasteiger partial charge in [0.2, 0.25) is 5.91 Å². The van der Waals surface area contributed by atoms with Crippen molar-refractivity contribution in [3.63, 3.8) is 0 Å². The van der Waals surface area contributed by atoms with Crippen LogP contribution in [0, 0.1) is 0 Å². The molecule has 224 valence electrons. The minimum absolute atomic E-state index is 0.0872. The summed E-state index contributed by atoms with van der Waals surface area (Å²) in [5, 5.41) is 9.89. The highest BCUT2D eigenvalue weighted by Gasteiger charge is 2.23. The van der Waals surface area contributed by atoms with E-state index in [1.807, 2.05) is 42.5 Å². The molecule has 43 heavy (non-hydrogen) atoms. The third-order valence-corrected chi connectivity index (χ3v) is 6.27. The highest BCUT2D eigenvalue weighted by atomic mass is 16.6. The van der Waals surface area contributed by atoms with E-state index in [1.54, 1.807) is 56.0 Å². The quantitative estimate of drug-likeness (QED) is 0.188. The van der Waals surface area contributed by atoms with Gasteiger partial charge in [0.25, 0.3) is 5.91 Å². The van der Waals surface area contributed by atoms with E-state index in [4.69, 9.17) is 9.47 Å². The number of nitrogens with zero attached hydrogens (tertiary/aromatic N) is 2. The molecule has 3 aromatic carbocycles. The molecule has 0 bridgehead atoms. The van der Waals surface area contributed by atoms with Gasteiger partial charge in [-0.3, -0.25) is 14.4 Å². The highest BCUT2D eigenvalue weighted by Crippen LogP contribution is 2.25. The first kappa shape index (κ1) is 30.8. The molecule has 0 aromatic heterocycles. The number of benzene rings is 3. The summed E-state index contributed by atoms with van der Waals surface area (Å²) in [6, 6.07) is 21.4. The van der Waals surface area contributed by atoms with Crippen LogP contribution in [0.25, 0.3) is 0 Å². The summed E-state index contributed by atoms with van der Waals surface area (Å²) in [6.07, 6.45) is 0.854. The zero-order valence-corrected chi connectivity index (χ0v) is 24.4. The van der Waals surface area contributed by atoms with Crippen molar-refractivity contribution in [2.75, 3.05) is 23.7 Å². The monoisotopic (exact) mass is 585 g/mol. The van der Waals surface area contributed by atoms with Gasteiger partial charge in [0, 0.05) is 30.0 Å². The summed E-state index contributed by atoms with van der Waals surface area (Å²) in [6.45, 7) is 6.15. The maximum atomic E-state index is 12.9. The van der Waals surface area contributed by atoms with Gasteiger partial charge in [0.1, 0.15) is 12.2 Å². The number of ether oxygens (including phenoxy) is 2. The Kier molecular flexibility index (Phi) is 10.1. The molecule has 0 saturated heterocycles. The van der Waals surface area contributed by atoms with Gasteiger partial charge in [-0.15, -0.1) is 0 Å². The van der Waals surface area contributed by atoms with Crippen molar-refractivity contribution in [2.24, 2.45) is 5.10 Å². The summed E-state index contributed by atoms with van der Waals surface area (Å²) >= 11 is 0. The zero-order valence-electron chi connectivity index (χ0n) is 24.4. The molecule has 4 rings (SSSR count). The average Bonchev–Trinajstić information content (AvgIpc) is 3.13. The molecule has 1 aliphatic heterocycles. The van der Waals surface area contributed by atoms with Gasteiger partial charge in [-0.25, -0.2) is 10.2 Å². The van der Waals surface area contributed by atoms with Gasteiger partial charge in [0.05, 0.1) is 19.2 Å². The van der Waals surface area contributed by atoms with Crippen molar-refractivity contribution in [1.82, 2.24) is 10.3 Å². The van der Waals surface area contributed by atoms with Crippen molar-refractivity contribution in [3.8, 4) is 0 Å². The van der Waals surface area contributed by atoms with Crippen molar-refractivity contribution in [2.45, 2.75) is 45.9 Å². The van der Waals surface area contributed by atoms with Crippen molar-refractivity contribution < 1.29 is 28.7 Å². The molecule has 3 amide bonds. The Morgan fingerprint density at radius 3 is 2.49 bits per heavy atom. The first-order valence-electron chi connectivity index (χ1n) is 13.8. The average molecular weight is 586 g/mol. The number of hydrazone groups is 1. The van der Waals surface area contributed by atoms with E-state index in [0.717, 1.165) is 16.8 Å². The van der Waals surface area contributed by atoms with Crippen LogP contribution in [0.2, 0.25) is 0 Å². The molecule has 3 aromatic rings. The highest BCUT2D eigenvalue weighted by molar-refractivity contribution is 6.04. The van der Waals surface area contributed by atoms with Gasteiger partial charge in [-0.05, 0) is 67.8 Å². The molecule has 1 heterocycles. The Balaban J connectivity index is 1.29. The fourth-order valence-corrected chi connectivity index (χ4v) is 4.21.